The largest absolute Gasteiger partial charge is 0.309 e. The molecule has 5 aromatic heterocycles. The third-order valence-electron chi connectivity index (χ3n) is 6.59. The van der Waals surface area contributed by atoms with Gasteiger partial charge in [-0.05, 0) is 71.8 Å². The van der Waals surface area contributed by atoms with Gasteiger partial charge in [0.1, 0.15) is 0 Å². The number of fused-ring (bicyclic) bond motifs is 3. The fraction of sp³-hybridized carbons (Fsp3) is 0. The van der Waals surface area contributed by atoms with Crippen LogP contribution in [0.2, 0.25) is 0 Å². The smallest absolute Gasteiger partial charge is 0.0900 e. The van der Waals surface area contributed by atoms with Gasteiger partial charge < -0.3 is 4.57 Å². The van der Waals surface area contributed by atoms with E-state index in [0.29, 0.717) is 0 Å². The van der Waals surface area contributed by atoms with Gasteiger partial charge in [0.25, 0.3) is 0 Å². The Hall–Kier alpha value is -5.16. The molecule has 174 valence electrons. The number of benzene rings is 2. The second kappa shape index (κ2) is 8.81. The van der Waals surface area contributed by atoms with E-state index in [1.807, 2.05) is 48.8 Å². The van der Waals surface area contributed by atoms with Crippen LogP contribution in [0.5, 0.6) is 0 Å². The molecule has 0 aliphatic heterocycles. The van der Waals surface area contributed by atoms with Gasteiger partial charge in [0.05, 0.1) is 33.8 Å². The van der Waals surface area contributed by atoms with Crippen molar-refractivity contribution in [2.75, 3.05) is 0 Å². The quantitative estimate of drug-likeness (QED) is 0.267. The SMILES string of the molecule is c1ccc(-c2cc(-c3cccc(-n4c5ccccc5c5cnccc54)c3)cc(-c3ccccn3)n2)nc1. The lowest BCUT2D eigenvalue weighted by molar-refractivity contribution is 1.17. The van der Waals surface area contributed by atoms with Crippen LogP contribution in [0.1, 0.15) is 0 Å². The third-order valence-corrected chi connectivity index (χ3v) is 6.59. The van der Waals surface area contributed by atoms with Gasteiger partial charge in [-0.2, -0.15) is 0 Å². The molecular weight excluding hydrogens is 454 g/mol. The summed E-state index contributed by atoms with van der Waals surface area (Å²) in [4.78, 5) is 18.4. The molecule has 0 amide bonds. The summed E-state index contributed by atoms with van der Waals surface area (Å²) in [6, 6.07) is 35.1. The van der Waals surface area contributed by atoms with Crippen LogP contribution in [-0.2, 0) is 0 Å². The van der Waals surface area contributed by atoms with Gasteiger partial charge in [-0.15, -0.1) is 0 Å². The van der Waals surface area contributed by atoms with E-state index in [2.05, 4.69) is 86.2 Å². The average Bonchev–Trinajstić information content (AvgIpc) is 3.32. The Labute approximate surface area is 213 Å². The highest BCUT2D eigenvalue weighted by atomic mass is 15.0. The second-order valence-electron chi connectivity index (χ2n) is 8.85. The molecule has 2 aromatic carbocycles. The molecule has 7 aromatic rings. The van der Waals surface area contributed by atoms with Crippen LogP contribution in [0.4, 0.5) is 0 Å². The summed E-state index contributed by atoms with van der Waals surface area (Å²) in [6.45, 7) is 0. The summed E-state index contributed by atoms with van der Waals surface area (Å²) < 4.78 is 2.30. The maximum Gasteiger partial charge on any atom is 0.0900 e. The lowest BCUT2D eigenvalue weighted by atomic mass is 10.0. The van der Waals surface area contributed by atoms with E-state index < -0.39 is 0 Å². The van der Waals surface area contributed by atoms with Crippen LogP contribution in [-0.4, -0.2) is 24.5 Å². The Morgan fingerprint density at radius 1 is 0.486 bits per heavy atom. The summed E-state index contributed by atoms with van der Waals surface area (Å²) >= 11 is 0. The van der Waals surface area contributed by atoms with Gasteiger partial charge in [0.2, 0.25) is 0 Å². The molecular formula is C32H21N5. The van der Waals surface area contributed by atoms with Crippen molar-refractivity contribution in [1.82, 2.24) is 24.5 Å². The molecule has 5 heterocycles. The Morgan fingerprint density at radius 2 is 1.19 bits per heavy atom. The highest BCUT2D eigenvalue weighted by molar-refractivity contribution is 6.08. The first kappa shape index (κ1) is 21.1. The van der Waals surface area contributed by atoms with Crippen LogP contribution in [0.3, 0.4) is 0 Å². The molecule has 0 bridgehead atoms. The van der Waals surface area contributed by atoms with E-state index in [1.54, 1.807) is 12.4 Å². The molecule has 5 heteroatoms. The van der Waals surface area contributed by atoms with Gasteiger partial charge in [0, 0.05) is 41.2 Å². The van der Waals surface area contributed by atoms with E-state index in [0.717, 1.165) is 56.0 Å². The molecule has 7 rings (SSSR count). The second-order valence-corrected chi connectivity index (χ2v) is 8.85. The molecule has 0 atom stereocenters. The number of nitrogens with zero attached hydrogens (tertiary/aromatic N) is 5. The molecule has 0 aliphatic rings. The van der Waals surface area contributed by atoms with Crippen molar-refractivity contribution in [2.24, 2.45) is 0 Å². The van der Waals surface area contributed by atoms with Crippen LogP contribution in [0.15, 0.2) is 128 Å². The molecule has 0 aliphatic carbocycles. The zero-order chi connectivity index (χ0) is 24.6. The number of aromatic nitrogens is 5. The van der Waals surface area contributed by atoms with Gasteiger partial charge in [-0.25, -0.2) is 4.98 Å². The molecule has 0 N–H and O–H groups in total. The number of hydrogen-bond acceptors (Lipinski definition) is 4. The van der Waals surface area contributed by atoms with Gasteiger partial charge in [-0.3, -0.25) is 15.0 Å². The van der Waals surface area contributed by atoms with Crippen molar-refractivity contribution >= 4 is 21.8 Å². The first-order chi connectivity index (χ1) is 18.3. The summed E-state index contributed by atoms with van der Waals surface area (Å²) in [5.74, 6) is 0. The van der Waals surface area contributed by atoms with Gasteiger partial charge in [-0.1, -0.05) is 42.5 Å². The van der Waals surface area contributed by atoms with Crippen molar-refractivity contribution in [3.8, 4) is 39.6 Å². The summed E-state index contributed by atoms with van der Waals surface area (Å²) in [5, 5.41) is 2.33. The molecule has 37 heavy (non-hydrogen) atoms. The minimum atomic E-state index is 0.812. The van der Waals surface area contributed by atoms with Crippen LogP contribution >= 0.6 is 0 Å². The average molecular weight is 476 g/mol. The Kier molecular flexibility index (Phi) is 5.03. The molecule has 0 unspecified atom stereocenters. The Balaban J connectivity index is 1.44. The molecule has 0 saturated carbocycles. The number of pyridine rings is 4. The van der Waals surface area contributed by atoms with Crippen LogP contribution < -0.4 is 0 Å². The Morgan fingerprint density at radius 3 is 1.92 bits per heavy atom. The van der Waals surface area contributed by atoms with Crippen LogP contribution in [0.25, 0.3) is 61.4 Å². The van der Waals surface area contributed by atoms with Gasteiger partial charge >= 0.3 is 0 Å². The van der Waals surface area contributed by atoms with Crippen molar-refractivity contribution in [2.45, 2.75) is 0 Å². The van der Waals surface area contributed by atoms with Crippen molar-refractivity contribution in [1.29, 1.82) is 0 Å². The predicted molar refractivity (Wildman–Crippen MR) is 148 cm³/mol. The zero-order valence-corrected chi connectivity index (χ0v) is 19.9. The van der Waals surface area contributed by atoms with Crippen LogP contribution in [0, 0.1) is 0 Å². The molecule has 0 spiro atoms. The monoisotopic (exact) mass is 475 g/mol. The topological polar surface area (TPSA) is 56.5 Å². The first-order valence-corrected chi connectivity index (χ1v) is 12.1. The summed E-state index contributed by atoms with van der Waals surface area (Å²) in [7, 11) is 0. The summed E-state index contributed by atoms with van der Waals surface area (Å²) in [5.41, 5.74) is 8.80. The number of para-hydroxylation sites is 1. The number of hydrogen-bond donors (Lipinski definition) is 0. The van der Waals surface area contributed by atoms with E-state index >= 15 is 0 Å². The van der Waals surface area contributed by atoms with E-state index in [4.69, 9.17) is 4.98 Å². The third kappa shape index (κ3) is 3.74. The predicted octanol–water partition coefficient (Wildman–Crippen LogP) is 7.36. The molecule has 0 saturated heterocycles. The lowest BCUT2D eigenvalue weighted by Crippen LogP contribution is -1.96. The highest BCUT2D eigenvalue weighted by Gasteiger charge is 2.14. The van der Waals surface area contributed by atoms with E-state index in [1.165, 1.54) is 5.39 Å². The van der Waals surface area contributed by atoms with E-state index in [9.17, 15) is 0 Å². The van der Waals surface area contributed by atoms with E-state index in [-0.39, 0.29) is 0 Å². The van der Waals surface area contributed by atoms with Gasteiger partial charge in [0.15, 0.2) is 0 Å². The standard InChI is InChI=1S/C32H21N5/c1-2-13-31-25(10-1)26-21-33-17-14-32(26)37(31)24-9-7-8-22(18-24)23-19-29(27-11-3-5-15-34-27)36-30(20-23)28-12-4-6-16-35-28/h1-21H. The molecule has 0 radical (unpaired) electrons. The lowest BCUT2D eigenvalue weighted by Gasteiger charge is -2.12. The summed E-state index contributed by atoms with van der Waals surface area (Å²) in [6.07, 6.45) is 7.38. The fourth-order valence-electron chi connectivity index (χ4n) is 4.91. The van der Waals surface area contributed by atoms with Crippen molar-refractivity contribution in [3.63, 3.8) is 0 Å². The maximum absolute atomic E-state index is 4.92. The first-order valence-electron chi connectivity index (χ1n) is 12.1. The highest BCUT2D eigenvalue weighted by Crippen LogP contribution is 2.34. The number of rotatable bonds is 4. The normalized spacial score (nSPS) is 11.2. The molecule has 0 fully saturated rings. The minimum absolute atomic E-state index is 0.812. The Bertz CT molecular complexity index is 1760. The maximum atomic E-state index is 4.92. The van der Waals surface area contributed by atoms with Crippen molar-refractivity contribution in [3.05, 3.63) is 128 Å². The van der Waals surface area contributed by atoms with Crippen molar-refractivity contribution < 1.29 is 0 Å². The molecule has 5 nitrogen and oxygen atoms in total. The fourth-order valence-corrected chi connectivity index (χ4v) is 4.91. The minimum Gasteiger partial charge on any atom is -0.309 e. The zero-order valence-electron chi connectivity index (χ0n) is 19.9.